The Morgan fingerprint density at radius 3 is 2.64 bits per heavy atom. The first-order valence-corrected chi connectivity index (χ1v) is 8.66. The number of para-hydroxylation sites is 1. The number of hydrogen-bond acceptors (Lipinski definition) is 2. The van der Waals surface area contributed by atoms with Crippen LogP contribution in [0.25, 0.3) is 5.69 Å². The number of hydrogen-bond donors (Lipinski definition) is 0. The monoisotopic (exact) mass is 336 g/mol. The Hall–Kier alpha value is -2.59. The summed E-state index contributed by atoms with van der Waals surface area (Å²) in [5.41, 5.74) is 4.05. The molecule has 1 saturated heterocycles. The first-order valence-electron chi connectivity index (χ1n) is 8.66. The van der Waals surface area contributed by atoms with E-state index in [2.05, 4.69) is 36.1 Å². The van der Waals surface area contributed by atoms with E-state index in [1.165, 1.54) is 11.6 Å². The highest BCUT2D eigenvalue weighted by Crippen LogP contribution is 2.33. The molecule has 1 aliphatic rings. The van der Waals surface area contributed by atoms with Gasteiger partial charge in [-0.25, -0.2) is 4.39 Å². The molecule has 4 rings (SSSR count). The molecule has 128 valence electrons. The van der Waals surface area contributed by atoms with Crippen LogP contribution in [0.2, 0.25) is 0 Å². The van der Waals surface area contributed by atoms with E-state index in [1.807, 2.05) is 29.1 Å². The van der Waals surface area contributed by atoms with Crippen LogP contribution in [0.5, 0.6) is 0 Å². The molecule has 4 heteroatoms. The number of ether oxygens (including phenoxy) is 1. The van der Waals surface area contributed by atoms with Gasteiger partial charge in [-0.1, -0.05) is 31.2 Å². The molecular weight excluding hydrogens is 315 g/mol. The minimum atomic E-state index is -0.232. The second-order valence-corrected chi connectivity index (χ2v) is 6.24. The van der Waals surface area contributed by atoms with Crippen molar-refractivity contribution in [3.05, 3.63) is 83.9 Å². The highest BCUT2D eigenvalue weighted by molar-refractivity contribution is 5.50. The smallest absolute Gasteiger partial charge is 0.158 e. The number of halogens is 1. The van der Waals surface area contributed by atoms with Crippen molar-refractivity contribution >= 4 is 5.69 Å². The topological polar surface area (TPSA) is 17.4 Å². The quantitative estimate of drug-likeness (QED) is 0.686. The Morgan fingerprint density at radius 2 is 1.88 bits per heavy atom. The number of benzene rings is 2. The Bertz CT molecular complexity index is 856. The first kappa shape index (κ1) is 15.9. The summed E-state index contributed by atoms with van der Waals surface area (Å²) in [5.74, 6) is -0.232. The van der Waals surface area contributed by atoms with Crippen LogP contribution in [0.4, 0.5) is 10.1 Å². The fraction of sp³-hybridized carbons (Fsp3) is 0.238. The second-order valence-electron chi connectivity index (χ2n) is 6.24. The average molecular weight is 336 g/mol. The lowest BCUT2D eigenvalue weighted by atomic mass is 10.1. The molecule has 25 heavy (non-hydrogen) atoms. The van der Waals surface area contributed by atoms with Gasteiger partial charge >= 0.3 is 0 Å². The molecule has 1 fully saturated rings. The van der Waals surface area contributed by atoms with E-state index >= 15 is 0 Å². The summed E-state index contributed by atoms with van der Waals surface area (Å²) >= 11 is 0. The van der Waals surface area contributed by atoms with Gasteiger partial charge < -0.3 is 14.2 Å². The predicted molar refractivity (Wildman–Crippen MR) is 97.6 cm³/mol. The summed E-state index contributed by atoms with van der Waals surface area (Å²) in [6, 6.07) is 17.4. The van der Waals surface area contributed by atoms with Crippen LogP contribution in [0.15, 0.2) is 67.0 Å². The molecule has 0 amide bonds. The van der Waals surface area contributed by atoms with E-state index in [4.69, 9.17) is 4.74 Å². The summed E-state index contributed by atoms with van der Waals surface area (Å²) in [5, 5.41) is 0. The predicted octanol–water partition coefficient (Wildman–Crippen LogP) is 4.71. The van der Waals surface area contributed by atoms with E-state index in [1.54, 1.807) is 12.1 Å². The zero-order valence-corrected chi connectivity index (χ0v) is 14.2. The normalized spacial score (nSPS) is 17.2. The van der Waals surface area contributed by atoms with E-state index in [9.17, 15) is 4.39 Å². The zero-order valence-electron chi connectivity index (χ0n) is 14.2. The molecule has 1 unspecified atom stereocenters. The van der Waals surface area contributed by atoms with Crippen LogP contribution in [-0.4, -0.2) is 17.7 Å². The van der Waals surface area contributed by atoms with Crippen molar-refractivity contribution in [1.29, 1.82) is 0 Å². The molecule has 1 aromatic heterocycles. The summed E-state index contributed by atoms with van der Waals surface area (Å²) in [4.78, 5) is 2.25. The van der Waals surface area contributed by atoms with Crippen LogP contribution in [-0.2, 0) is 11.2 Å². The third-order valence-corrected chi connectivity index (χ3v) is 4.70. The van der Waals surface area contributed by atoms with E-state index in [0.717, 1.165) is 24.2 Å². The van der Waals surface area contributed by atoms with Crippen molar-refractivity contribution in [3.8, 4) is 5.69 Å². The molecule has 0 radical (unpaired) electrons. The van der Waals surface area contributed by atoms with Gasteiger partial charge in [0.05, 0.1) is 12.3 Å². The molecule has 3 aromatic rings. The number of anilines is 1. The molecular formula is C21H21FN2O. The standard InChI is InChI=1S/C21H21FN2O/c1-2-16-7-9-18(10-8-16)24-13-14-25-21(24)17-11-12-23(15-17)20-6-4-3-5-19(20)22/h3-12,15,21H,2,13-14H2,1H3. The Kier molecular flexibility index (Phi) is 4.28. The molecule has 1 atom stereocenters. The van der Waals surface area contributed by atoms with Gasteiger partial charge in [-0.05, 0) is 42.3 Å². The van der Waals surface area contributed by atoms with Crippen molar-refractivity contribution in [1.82, 2.24) is 4.57 Å². The molecule has 1 aliphatic heterocycles. The molecule has 0 spiro atoms. The van der Waals surface area contributed by atoms with Crippen LogP contribution >= 0.6 is 0 Å². The van der Waals surface area contributed by atoms with Gasteiger partial charge in [-0.2, -0.15) is 0 Å². The number of aryl methyl sites for hydroxylation is 1. The zero-order chi connectivity index (χ0) is 17.2. The fourth-order valence-electron chi connectivity index (χ4n) is 3.30. The summed E-state index contributed by atoms with van der Waals surface area (Å²) in [6.07, 6.45) is 4.72. The lowest BCUT2D eigenvalue weighted by Crippen LogP contribution is -2.22. The van der Waals surface area contributed by atoms with Crippen LogP contribution < -0.4 is 4.90 Å². The molecule has 3 nitrogen and oxygen atoms in total. The molecule has 2 aromatic carbocycles. The van der Waals surface area contributed by atoms with Crippen LogP contribution in [0, 0.1) is 5.82 Å². The van der Waals surface area contributed by atoms with Gasteiger partial charge in [0.25, 0.3) is 0 Å². The number of aromatic nitrogens is 1. The van der Waals surface area contributed by atoms with E-state index in [-0.39, 0.29) is 12.0 Å². The van der Waals surface area contributed by atoms with Crippen LogP contribution in [0.1, 0.15) is 24.3 Å². The third-order valence-electron chi connectivity index (χ3n) is 4.70. The molecule has 0 aliphatic carbocycles. The maximum Gasteiger partial charge on any atom is 0.158 e. The van der Waals surface area contributed by atoms with Crippen molar-refractivity contribution in [3.63, 3.8) is 0 Å². The largest absolute Gasteiger partial charge is 0.352 e. The van der Waals surface area contributed by atoms with Crippen LogP contribution in [0.3, 0.4) is 0 Å². The maximum absolute atomic E-state index is 14.0. The highest BCUT2D eigenvalue weighted by Gasteiger charge is 2.28. The second kappa shape index (κ2) is 6.73. The molecule has 0 N–H and O–H groups in total. The maximum atomic E-state index is 14.0. The Labute approximate surface area is 147 Å². The van der Waals surface area contributed by atoms with Crippen molar-refractivity contribution in [2.45, 2.75) is 19.6 Å². The van der Waals surface area contributed by atoms with Gasteiger partial charge in [-0.15, -0.1) is 0 Å². The average Bonchev–Trinajstić information content (AvgIpc) is 3.31. The van der Waals surface area contributed by atoms with E-state index < -0.39 is 0 Å². The highest BCUT2D eigenvalue weighted by atomic mass is 19.1. The summed E-state index contributed by atoms with van der Waals surface area (Å²) < 4.78 is 21.8. The molecule has 2 heterocycles. The van der Waals surface area contributed by atoms with Crippen molar-refractivity contribution in [2.24, 2.45) is 0 Å². The minimum absolute atomic E-state index is 0.138. The Morgan fingerprint density at radius 1 is 1.08 bits per heavy atom. The van der Waals surface area contributed by atoms with Crippen molar-refractivity contribution in [2.75, 3.05) is 18.1 Å². The van der Waals surface area contributed by atoms with Gasteiger partial charge in [-0.3, -0.25) is 0 Å². The summed E-state index contributed by atoms with van der Waals surface area (Å²) in [7, 11) is 0. The third kappa shape index (κ3) is 3.05. The van der Waals surface area contributed by atoms with Crippen molar-refractivity contribution < 1.29 is 9.13 Å². The van der Waals surface area contributed by atoms with Gasteiger partial charge in [0.2, 0.25) is 0 Å². The lowest BCUT2D eigenvalue weighted by Gasteiger charge is -2.24. The first-order chi connectivity index (χ1) is 12.3. The summed E-state index contributed by atoms with van der Waals surface area (Å²) in [6.45, 7) is 3.69. The van der Waals surface area contributed by atoms with Gasteiger partial charge in [0.15, 0.2) is 6.23 Å². The van der Waals surface area contributed by atoms with Gasteiger partial charge in [0.1, 0.15) is 5.82 Å². The number of rotatable bonds is 4. The minimum Gasteiger partial charge on any atom is -0.352 e. The van der Waals surface area contributed by atoms with Gasteiger partial charge in [0, 0.05) is 30.2 Å². The molecule has 0 saturated carbocycles. The van der Waals surface area contributed by atoms with E-state index in [0.29, 0.717) is 12.3 Å². The lowest BCUT2D eigenvalue weighted by molar-refractivity contribution is 0.114. The fourth-order valence-corrected chi connectivity index (χ4v) is 3.30. The SMILES string of the molecule is CCc1ccc(N2CCOC2c2ccn(-c3ccccc3F)c2)cc1. The number of nitrogens with zero attached hydrogens (tertiary/aromatic N) is 2. The molecule has 0 bridgehead atoms. The Balaban J connectivity index is 1.61.